The predicted octanol–water partition coefficient (Wildman–Crippen LogP) is 2.56. The fourth-order valence-electron chi connectivity index (χ4n) is 1.58. The van der Waals surface area contributed by atoms with Gasteiger partial charge in [0, 0.05) is 34.9 Å². The molecule has 1 atom stereocenters. The van der Waals surface area contributed by atoms with E-state index in [4.69, 9.17) is 10.3 Å². The number of aryl methyl sites for hydroxylation is 1. The van der Waals surface area contributed by atoms with Crippen molar-refractivity contribution in [2.45, 2.75) is 32.2 Å². The third kappa shape index (κ3) is 3.61. The molecule has 0 saturated heterocycles. The van der Waals surface area contributed by atoms with Crippen molar-refractivity contribution in [2.75, 3.05) is 0 Å². The molecule has 0 aliphatic carbocycles. The van der Waals surface area contributed by atoms with Crippen molar-refractivity contribution in [3.05, 3.63) is 28.8 Å². The topological polar surface area (TPSA) is 77.8 Å². The number of hydrogen-bond donors (Lipinski definition) is 1. The molecule has 2 heterocycles. The number of nitrogens with two attached hydrogens (primary N) is 1. The lowest BCUT2D eigenvalue weighted by Crippen LogP contribution is -2.14. The first-order chi connectivity index (χ1) is 8.65. The molecule has 18 heavy (non-hydrogen) atoms. The van der Waals surface area contributed by atoms with Crippen LogP contribution in [0.1, 0.15) is 25.7 Å². The summed E-state index contributed by atoms with van der Waals surface area (Å²) in [5, 5.41) is 3.95. The molecule has 2 aromatic heterocycles. The summed E-state index contributed by atoms with van der Waals surface area (Å²) in [5.41, 5.74) is 6.53. The van der Waals surface area contributed by atoms with Gasteiger partial charge in [-0.1, -0.05) is 5.16 Å². The number of halogens is 1. The SMILES string of the molecule is CC(N)CCCc1nc(-c2cncc(Br)c2)no1. The van der Waals surface area contributed by atoms with E-state index >= 15 is 0 Å². The molecule has 0 aliphatic rings. The highest BCUT2D eigenvalue weighted by Gasteiger charge is 2.09. The van der Waals surface area contributed by atoms with Crippen LogP contribution in [0.3, 0.4) is 0 Å². The standard InChI is InChI=1S/C12H15BrN4O/c1-8(14)3-2-4-11-16-12(17-18-11)9-5-10(13)7-15-6-9/h5-8H,2-4,14H2,1H3. The molecule has 96 valence electrons. The molecule has 0 saturated carbocycles. The Hall–Kier alpha value is -1.27. The molecule has 0 bridgehead atoms. The summed E-state index contributed by atoms with van der Waals surface area (Å²) in [4.78, 5) is 8.41. The van der Waals surface area contributed by atoms with E-state index in [1.54, 1.807) is 12.4 Å². The van der Waals surface area contributed by atoms with E-state index in [9.17, 15) is 0 Å². The Balaban J connectivity index is 2.02. The highest BCUT2D eigenvalue weighted by Crippen LogP contribution is 2.19. The van der Waals surface area contributed by atoms with E-state index in [1.165, 1.54) is 0 Å². The van der Waals surface area contributed by atoms with Gasteiger partial charge in [-0.25, -0.2) is 0 Å². The summed E-state index contributed by atoms with van der Waals surface area (Å²) in [6.45, 7) is 1.99. The molecule has 6 heteroatoms. The van der Waals surface area contributed by atoms with Crippen molar-refractivity contribution >= 4 is 15.9 Å². The third-order valence-electron chi connectivity index (χ3n) is 2.48. The van der Waals surface area contributed by atoms with Gasteiger partial charge in [0.05, 0.1) is 0 Å². The fraction of sp³-hybridized carbons (Fsp3) is 0.417. The summed E-state index contributed by atoms with van der Waals surface area (Å²) < 4.78 is 6.09. The lowest BCUT2D eigenvalue weighted by atomic mass is 10.1. The summed E-state index contributed by atoms with van der Waals surface area (Å²) in [6.07, 6.45) is 6.09. The number of nitrogens with zero attached hydrogens (tertiary/aromatic N) is 3. The zero-order chi connectivity index (χ0) is 13.0. The molecule has 1 unspecified atom stereocenters. The Kier molecular flexibility index (Phi) is 4.43. The van der Waals surface area contributed by atoms with Gasteiger partial charge >= 0.3 is 0 Å². The molecule has 0 fully saturated rings. The van der Waals surface area contributed by atoms with E-state index in [0.29, 0.717) is 11.7 Å². The van der Waals surface area contributed by atoms with Gasteiger partial charge in [0.2, 0.25) is 11.7 Å². The average molecular weight is 311 g/mol. The molecule has 2 N–H and O–H groups in total. The number of rotatable bonds is 5. The Morgan fingerprint density at radius 3 is 3.00 bits per heavy atom. The highest BCUT2D eigenvalue weighted by atomic mass is 79.9. The maximum atomic E-state index is 5.69. The largest absolute Gasteiger partial charge is 0.339 e. The molecule has 0 radical (unpaired) electrons. The Morgan fingerprint density at radius 1 is 1.44 bits per heavy atom. The second-order valence-corrected chi connectivity index (χ2v) is 5.19. The number of aromatic nitrogens is 3. The van der Waals surface area contributed by atoms with Gasteiger partial charge in [-0.2, -0.15) is 4.98 Å². The maximum absolute atomic E-state index is 5.69. The minimum Gasteiger partial charge on any atom is -0.339 e. The van der Waals surface area contributed by atoms with Crippen LogP contribution >= 0.6 is 15.9 Å². The van der Waals surface area contributed by atoms with Crippen LogP contribution < -0.4 is 5.73 Å². The van der Waals surface area contributed by atoms with Crippen molar-refractivity contribution < 1.29 is 4.52 Å². The first-order valence-electron chi connectivity index (χ1n) is 5.84. The smallest absolute Gasteiger partial charge is 0.226 e. The van der Waals surface area contributed by atoms with Gasteiger partial charge in [-0.15, -0.1) is 0 Å². The molecule has 0 spiro atoms. The van der Waals surface area contributed by atoms with Crippen LogP contribution in [0.2, 0.25) is 0 Å². The predicted molar refractivity (Wildman–Crippen MR) is 71.8 cm³/mol. The molecular weight excluding hydrogens is 296 g/mol. The molecule has 2 aromatic rings. The fourth-order valence-corrected chi connectivity index (χ4v) is 1.95. The van der Waals surface area contributed by atoms with Crippen LogP contribution in [0, 0.1) is 0 Å². The average Bonchev–Trinajstić information content (AvgIpc) is 2.77. The van der Waals surface area contributed by atoms with Crippen LogP contribution in [0.25, 0.3) is 11.4 Å². The van der Waals surface area contributed by atoms with Gasteiger partial charge in [0.15, 0.2) is 0 Å². The molecule has 2 rings (SSSR count). The van der Waals surface area contributed by atoms with Gasteiger partial charge in [-0.3, -0.25) is 4.98 Å². The van der Waals surface area contributed by atoms with E-state index in [-0.39, 0.29) is 6.04 Å². The first kappa shape index (κ1) is 13.2. The Bertz CT molecular complexity index is 512. The van der Waals surface area contributed by atoms with E-state index in [2.05, 4.69) is 31.1 Å². The highest BCUT2D eigenvalue weighted by molar-refractivity contribution is 9.10. The van der Waals surface area contributed by atoms with Crippen molar-refractivity contribution in [3.63, 3.8) is 0 Å². The molecule has 0 amide bonds. The number of hydrogen-bond acceptors (Lipinski definition) is 5. The second-order valence-electron chi connectivity index (χ2n) is 4.27. The van der Waals surface area contributed by atoms with Crippen molar-refractivity contribution in [1.29, 1.82) is 0 Å². The lowest BCUT2D eigenvalue weighted by Gasteiger charge is -2.00. The zero-order valence-electron chi connectivity index (χ0n) is 10.1. The van der Waals surface area contributed by atoms with Crippen LogP contribution in [-0.2, 0) is 6.42 Å². The van der Waals surface area contributed by atoms with E-state index < -0.39 is 0 Å². The van der Waals surface area contributed by atoms with Crippen LogP contribution in [0.15, 0.2) is 27.5 Å². The van der Waals surface area contributed by atoms with E-state index in [0.717, 1.165) is 29.3 Å². The summed E-state index contributed by atoms with van der Waals surface area (Å²) in [5.74, 6) is 1.21. The van der Waals surface area contributed by atoms with Crippen LogP contribution in [0.5, 0.6) is 0 Å². The molecular formula is C12H15BrN4O. The minimum absolute atomic E-state index is 0.210. The van der Waals surface area contributed by atoms with Crippen molar-refractivity contribution in [3.8, 4) is 11.4 Å². The summed E-state index contributed by atoms with van der Waals surface area (Å²) in [6, 6.07) is 2.12. The molecule has 0 aromatic carbocycles. The maximum Gasteiger partial charge on any atom is 0.226 e. The Morgan fingerprint density at radius 2 is 2.28 bits per heavy atom. The van der Waals surface area contributed by atoms with Crippen LogP contribution in [-0.4, -0.2) is 21.2 Å². The summed E-state index contributed by atoms with van der Waals surface area (Å²) >= 11 is 3.36. The van der Waals surface area contributed by atoms with E-state index in [1.807, 2.05) is 13.0 Å². The number of pyridine rings is 1. The molecule has 5 nitrogen and oxygen atoms in total. The quantitative estimate of drug-likeness (QED) is 0.918. The Labute approximate surface area is 114 Å². The van der Waals surface area contributed by atoms with Crippen molar-refractivity contribution in [1.82, 2.24) is 15.1 Å². The minimum atomic E-state index is 0.210. The van der Waals surface area contributed by atoms with Crippen molar-refractivity contribution in [2.24, 2.45) is 5.73 Å². The van der Waals surface area contributed by atoms with Crippen LogP contribution in [0.4, 0.5) is 0 Å². The van der Waals surface area contributed by atoms with Gasteiger partial charge in [0.1, 0.15) is 0 Å². The monoisotopic (exact) mass is 310 g/mol. The van der Waals surface area contributed by atoms with Gasteiger partial charge < -0.3 is 10.3 Å². The normalized spacial score (nSPS) is 12.6. The van der Waals surface area contributed by atoms with Gasteiger partial charge in [-0.05, 0) is 41.8 Å². The lowest BCUT2D eigenvalue weighted by molar-refractivity contribution is 0.373. The third-order valence-corrected chi connectivity index (χ3v) is 2.91. The first-order valence-corrected chi connectivity index (χ1v) is 6.63. The van der Waals surface area contributed by atoms with Gasteiger partial charge in [0.25, 0.3) is 0 Å². The molecule has 0 aliphatic heterocycles. The second kappa shape index (κ2) is 6.06. The summed E-state index contributed by atoms with van der Waals surface area (Å²) in [7, 11) is 0. The zero-order valence-corrected chi connectivity index (χ0v) is 11.7.